The van der Waals surface area contributed by atoms with E-state index >= 15 is 0 Å². The van der Waals surface area contributed by atoms with Crippen LogP contribution in [0.5, 0.6) is 0 Å². The fourth-order valence-corrected chi connectivity index (χ4v) is 2.26. The number of carbonyl (C=O) groups excluding carboxylic acids is 2. The quantitative estimate of drug-likeness (QED) is 0.831. The zero-order valence-corrected chi connectivity index (χ0v) is 15.6. The van der Waals surface area contributed by atoms with Gasteiger partial charge in [-0.2, -0.15) is 0 Å². The van der Waals surface area contributed by atoms with E-state index in [0.717, 1.165) is 12.0 Å². The molecule has 0 unspecified atom stereocenters. The summed E-state index contributed by atoms with van der Waals surface area (Å²) in [7, 11) is 0. The van der Waals surface area contributed by atoms with Gasteiger partial charge < -0.3 is 15.4 Å². The summed E-state index contributed by atoms with van der Waals surface area (Å²) in [6, 6.07) is 8.97. The Balaban J connectivity index is 2.76. The van der Waals surface area contributed by atoms with Crippen molar-refractivity contribution in [1.82, 2.24) is 10.6 Å². The molecule has 1 aromatic carbocycles. The van der Waals surface area contributed by atoms with E-state index in [4.69, 9.17) is 4.74 Å². The van der Waals surface area contributed by atoms with Gasteiger partial charge in [0.05, 0.1) is 6.04 Å². The molecule has 0 fully saturated rings. The van der Waals surface area contributed by atoms with Gasteiger partial charge in [-0.05, 0) is 39.2 Å². The normalized spacial score (nSPS) is 15.1. The van der Waals surface area contributed by atoms with Gasteiger partial charge in [0.15, 0.2) is 0 Å². The van der Waals surface area contributed by atoms with Gasteiger partial charge in [-0.25, -0.2) is 4.79 Å². The predicted molar refractivity (Wildman–Crippen MR) is 95.6 cm³/mol. The fraction of sp³-hybridized carbons (Fsp3) is 0.579. The zero-order chi connectivity index (χ0) is 18.3. The molecule has 0 saturated carbocycles. The van der Waals surface area contributed by atoms with Gasteiger partial charge in [-0.3, -0.25) is 4.79 Å². The van der Waals surface area contributed by atoms with Crippen LogP contribution in [0.4, 0.5) is 4.79 Å². The maximum atomic E-state index is 12.6. The largest absolute Gasteiger partial charge is 0.444 e. The molecule has 0 spiro atoms. The Hall–Kier alpha value is -2.04. The van der Waals surface area contributed by atoms with E-state index in [2.05, 4.69) is 10.6 Å². The lowest BCUT2D eigenvalue weighted by molar-refractivity contribution is -0.125. The summed E-state index contributed by atoms with van der Waals surface area (Å²) in [5, 5.41) is 5.68. The van der Waals surface area contributed by atoms with Crippen LogP contribution in [0.25, 0.3) is 0 Å². The lowest BCUT2D eigenvalue weighted by atomic mass is 9.97. The van der Waals surface area contributed by atoms with E-state index in [1.165, 1.54) is 0 Å². The van der Waals surface area contributed by atoms with Crippen molar-refractivity contribution in [2.75, 3.05) is 0 Å². The van der Waals surface area contributed by atoms with Crippen LogP contribution in [0, 0.1) is 5.92 Å². The first kappa shape index (κ1) is 20.0. The molecular formula is C19H30N2O3. The molecule has 134 valence electrons. The second-order valence-electron chi connectivity index (χ2n) is 7.15. The van der Waals surface area contributed by atoms with Crippen LogP contribution in [0.3, 0.4) is 0 Å². The standard InChI is InChI=1S/C19H30N2O3/c1-7-13(2)16(21-18(23)24-19(4,5)6)17(22)20-14(3)15-11-9-8-10-12-15/h8-14,16H,7H2,1-6H3,(H,20,22)(H,21,23)/t13-,14-,16-/m0/s1. The van der Waals surface area contributed by atoms with Gasteiger partial charge in [0, 0.05) is 0 Å². The summed E-state index contributed by atoms with van der Waals surface area (Å²) < 4.78 is 5.27. The highest BCUT2D eigenvalue weighted by Gasteiger charge is 2.29. The summed E-state index contributed by atoms with van der Waals surface area (Å²) in [6.07, 6.45) is 0.198. The number of benzene rings is 1. The van der Waals surface area contributed by atoms with E-state index in [0.29, 0.717) is 0 Å². The van der Waals surface area contributed by atoms with Crippen molar-refractivity contribution in [2.24, 2.45) is 5.92 Å². The van der Waals surface area contributed by atoms with Crippen LogP contribution in [-0.2, 0) is 9.53 Å². The Morgan fingerprint density at radius 2 is 1.67 bits per heavy atom. The Kier molecular flexibility index (Phi) is 7.26. The lowest BCUT2D eigenvalue weighted by Gasteiger charge is -2.27. The second-order valence-corrected chi connectivity index (χ2v) is 7.15. The molecule has 0 heterocycles. The highest BCUT2D eigenvalue weighted by Crippen LogP contribution is 2.15. The van der Waals surface area contributed by atoms with Crippen LogP contribution >= 0.6 is 0 Å². The third-order valence-corrected chi connectivity index (χ3v) is 3.83. The van der Waals surface area contributed by atoms with Gasteiger partial charge in [-0.15, -0.1) is 0 Å². The van der Waals surface area contributed by atoms with Gasteiger partial charge in [0.25, 0.3) is 0 Å². The molecule has 0 aliphatic carbocycles. The van der Waals surface area contributed by atoms with E-state index in [1.54, 1.807) is 20.8 Å². The Bertz CT molecular complexity index is 537. The summed E-state index contributed by atoms with van der Waals surface area (Å²) in [5.74, 6) is -0.202. The average molecular weight is 334 g/mol. The summed E-state index contributed by atoms with van der Waals surface area (Å²) in [5.41, 5.74) is 0.420. The number of rotatable bonds is 6. The SMILES string of the molecule is CC[C@H](C)[C@H](NC(=O)OC(C)(C)C)C(=O)N[C@@H](C)c1ccccc1. The first-order valence-electron chi connectivity index (χ1n) is 8.49. The molecular weight excluding hydrogens is 304 g/mol. The molecule has 3 atom stereocenters. The summed E-state index contributed by atoms with van der Waals surface area (Å²) >= 11 is 0. The maximum Gasteiger partial charge on any atom is 0.408 e. The number of ether oxygens (including phenoxy) is 1. The van der Waals surface area contributed by atoms with Crippen LogP contribution in [0.1, 0.15) is 59.6 Å². The number of hydrogen-bond donors (Lipinski definition) is 2. The van der Waals surface area contributed by atoms with Crippen molar-refractivity contribution in [2.45, 2.75) is 65.6 Å². The van der Waals surface area contributed by atoms with Crippen LogP contribution in [-0.4, -0.2) is 23.6 Å². The van der Waals surface area contributed by atoms with Crippen molar-refractivity contribution < 1.29 is 14.3 Å². The average Bonchev–Trinajstić information content (AvgIpc) is 2.50. The van der Waals surface area contributed by atoms with Gasteiger partial charge in [0.1, 0.15) is 11.6 Å². The second kappa shape index (κ2) is 8.71. The van der Waals surface area contributed by atoms with Gasteiger partial charge in [0.2, 0.25) is 5.91 Å². The summed E-state index contributed by atoms with van der Waals surface area (Å²) in [4.78, 5) is 24.7. The molecule has 1 aromatic rings. The maximum absolute atomic E-state index is 12.6. The first-order chi connectivity index (χ1) is 11.1. The van der Waals surface area contributed by atoms with Crippen LogP contribution in [0.2, 0.25) is 0 Å². The Labute approximate surface area is 145 Å². The summed E-state index contributed by atoms with van der Waals surface area (Å²) in [6.45, 7) is 11.2. The first-order valence-corrected chi connectivity index (χ1v) is 8.49. The highest BCUT2D eigenvalue weighted by atomic mass is 16.6. The van der Waals surface area contributed by atoms with Crippen molar-refractivity contribution in [3.8, 4) is 0 Å². The molecule has 0 bridgehead atoms. The Morgan fingerprint density at radius 3 is 2.17 bits per heavy atom. The molecule has 5 heteroatoms. The highest BCUT2D eigenvalue weighted by molar-refractivity contribution is 5.86. The third kappa shape index (κ3) is 6.60. The molecule has 2 N–H and O–H groups in total. The molecule has 5 nitrogen and oxygen atoms in total. The van der Waals surface area contributed by atoms with E-state index in [-0.39, 0.29) is 17.9 Å². The number of hydrogen-bond acceptors (Lipinski definition) is 3. The third-order valence-electron chi connectivity index (χ3n) is 3.83. The lowest BCUT2D eigenvalue weighted by Crippen LogP contribution is -2.51. The van der Waals surface area contributed by atoms with E-state index < -0.39 is 17.7 Å². The molecule has 2 amide bonds. The van der Waals surface area contributed by atoms with Crippen LogP contribution < -0.4 is 10.6 Å². The zero-order valence-electron chi connectivity index (χ0n) is 15.6. The monoisotopic (exact) mass is 334 g/mol. The number of nitrogens with one attached hydrogen (secondary N) is 2. The molecule has 24 heavy (non-hydrogen) atoms. The minimum atomic E-state index is -0.629. The molecule has 0 aromatic heterocycles. The number of alkyl carbamates (subject to hydrolysis) is 1. The predicted octanol–water partition coefficient (Wildman–Crippen LogP) is 3.80. The number of amides is 2. The topological polar surface area (TPSA) is 67.4 Å². The molecule has 0 aliphatic rings. The number of carbonyl (C=O) groups is 2. The van der Waals surface area contributed by atoms with Crippen molar-refractivity contribution in [3.05, 3.63) is 35.9 Å². The minimum Gasteiger partial charge on any atom is -0.444 e. The van der Waals surface area contributed by atoms with Crippen molar-refractivity contribution >= 4 is 12.0 Å². The smallest absolute Gasteiger partial charge is 0.408 e. The fourth-order valence-electron chi connectivity index (χ4n) is 2.26. The molecule has 1 rings (SSSR count). The molecule has 0 saturated heterocycles. The van der Waals surface area contributed by atoms with Crippen molar-refractivity contribution in [3.63, 3.8) is 0 Å². The Morgan fingerprint density at radius 1 is 1.08 bits per heavy atom. The van der Waals surface area contributed by atoms with Crippen LogP contribution in [0.15, 0.2) is 30.3 Å². The molecule has 0 radical (unpaired) electrons. The molecule has 0 aliphatic heterocycles. The van der Waals surface area contributed by atoms with E-state index in [1.807, 2.05) is 51.1 Å². The minimum absolute atomic E-state index is 0.000455. The van der Waals surface area contributed by atoms with Crippen molar-refractivity contribution in [1.29, 1.82) is 0 Å². The van der Waals surface area contributed by atoms with Gasteiger partial charge in [-0.1, -0.05) is 50.6 Å². The van der Waals surface area contributed by atoms with Gasteiger partial charge >= 0.3 is 6.09 Å². The van der Waals surface area contributed by atoms with E-state index in [9.17, 15) is 9.59 Å².